The Morgan fingerprint density at radius 1 is 1.33 bits per heavy atom. The maximum atomic E-state index is 12.5. The number of halogens is 1. The number of rotatable bonds is 3. The first-order valence-electron chi connectivity index (χ1n) is 3.36. The predicted octanol–water partition coefficient (Wildman–Crippen LogP) is 3.77. The highest BCUT2D eigenvalue weighted by molar-refractivity contribution is 8.70. The number of thioether (sulfide) groups is 1. The molecule has 0 saturated carbocycles. The van der Waals surface area contributed by atoms with Crippen molar-refractivity contribution in [2.24, 2.45) is 0 Å². The quantitative estimate of drug-likeness (QED) is 0.468. The predicted molar refractivity (Wildman–Crippen MR) is 59.2 cm³/mol. The first-order valence-corrected chi connectivity index (χ1v) is 6.58. The molecule has 0 radical (unpaired) electrons. The van der Waals surface area contributed by atoms with E-state index in [9.17, 15) is 4.39 Å². The first-order chi connectivity index (χ1) is 5.77. The van der Waals surface area contributed by atoms with E-state index in [1.807, 2.05) is 6.26 Å². The minimum Gasteiger partial charge on any atom is -0.207 e. The van der Waals surface area contributed by atoms with Crippen LogP contribution in [0.4, 0.5) is 4.39 Å². The minimum atomic E-state index is -0.192. The zero-order chi connectivity index (χ0) is 8.97. The lowest BCUT2D eigenvalue weighted by molar-refractivity contribution is 0.627. The molecule has 0 fully saturated rings. The van der Waals surface area contributed by atoms with Gasteiger partial charge in [-0.1, -0.05) is 22.9 Å². The third-order valence-corrected chi connectivity index (χ3v) is 4.54. The Morgan fingerprint density at radius 3 is 2.33 bits per heavy atom. The van der Waals surface area contributed by atoms with Crippen molar-refractivity contribution < 1.29 is 4.39 Å². The molecule has 0 bridgehead atoms. The van der Waals surface area contributed by atoms with Gasteiger partial charge >= 0.3 is 0 Å². The van der Waals surface area contributed by atoms with Gasteiger partial charge in [0, 0.05) is 0 Å². The average molecular weight is 220 g/mol. The summed E-state index contributed by atoms with van der Waals surface area (Å²) in [6.07, 6.45) is 2.01. The number of thiol groups is 1. The Hall–Kier alpha value is 0.200. The summed E-state index contributed by atoms with van der Waals surface area (Å²) in [6.45, 7) is 0. The van der Waals surface area contributed by atoms with Gasteiger partial charge in [-0.15, -0.1) is 23.4 Å². The van der Waals surface area contributed by atoms with E-state index in [4.69, 9.17) is 0 Å². The highest BCUT2D eigenvalue weighted by Crippen LogP contribution is 2.39. The Bertz CT molecular complexity index is 231. The van der Waals surface area contributed by atoms with E-state index in [2.05, 4.69) is 11.7 Å². The van der Waals surface area contributed by atoms with Gasteiger partial charge in [0.25, 0.3) is 0 Å². The maximum absolute atomic E-state index is 12.5. The fourth-order valence-electron chi connectivity index (χ4n) is 0.860. The molecule has 0 spiro atoms. The van der Waals surface area contributed by atoms with E-state index >= 15 is 0 Å². The SMILES string of the molecule is CSC(SS)c1ccc(F)cc1. The zero-order valence-corrected chi connectivity index (χ0v) is 9.06. The van der Waals surface area contributed by atoms with Crippen molar-refractivity contribution >= 4 is 34.2 Å². The smallest absolute Gasteiger partial charge is 0.123 e. The van der Waals surface area contributed by atoms with Crippen LogP contribution in [0, 0.1) is 5.82 Å². The summed E-state index contributed by atoms with van der Waals surface area (Å²) in [7, 11) is 1.46. The molecular weight excluding hydrogens is 211 g/mol. The molecule has 0 aliphatic heterocycles. The maximum Gasteiger partial charge on any atom is 0.123 e. The van der Waals surface area contributed by atoms with Crippen LogP contribution in [-0.4, -0.2) is 6.26 Å². The molecule has 1 unspecified atom stereocenters. The lowest BCUT2D eigenvalue weighted by Gasteiger charge is -2.09. The molecule has 0 nitrogen and oxygen atoms in total. The van der Waals surface area contributed by atoms with Gasteiger partial charge in [0.05, 0.1) is 4.58 Å². The Balaban J connectivity index is 2.80. The van der Waals surface area contributed by atoms with Gasteiger partial charge in [-0.25, -0.2) is 4.39 Å². The molecule has 12 heavy (non-hydrogen) atoms. The van der Waals surface area contributed by atoms with E-state index in [-0.39, 0.29) is 10.4 Å². The highest BCUT2D eigenvalue weighted by Gasteiger charge is 2.07. The molecule has 0 saturated heterocycles. The number of hydrogen-bond donors (Lipinski definition) is 1. The molecule has 0 N–H and O–H groups in total. The summed E-state index contributed by atoms with van der Waals surface area (Å²) in [5, 5.41) is 0. The number of hydrogen-bond acceptors (Lipinski definition) is 3. The van der Waals surface area contributed by atoms with Crippen LogP contribution in [0.15, 0.2) is 24.3 Å². The van der Waals surface area contributed by atoms with Gasteiger partial charge in [-0.3, -0.25) is 0 Å². The molecule has 0 heterocycles. The first kappa shape index (κ1) is 10.3. The van der Waals surface area contributed by atoms with Crippen LogP contribution in [0.2, 0.25) is 0 Å². The third kappa shape index (κ3) is 2.61. The summed E-state index contributed by atoms with van der Waals surface area (Å²) >= 11 is 5.83. The zero-order valence-electron chi connectivity index (χ0n) is 6.53. The summed E-state index contributed by atoms with van der Waals surface area (Å²) in [5.74, 6) is -0.192. The van der Waals surface area contributed by atoms with E-state index in [0.717, 1.165) is 5.56 Å². The highest BCUT2D eigenvalue weighted by atomic mass is 33.1. The molecule has 0 aromatic heterocycles. The third-order valence-electron chi connectivity index (χ3n) is 1.45. The fourth-order valence-corrected chi connectivity index (χ4v) is 3.05. The minimum absolute atomic E-state index is 0.192. The van der Waals surface area contributed by atoms with E-state index in [1.165, 1.54) is 22.9 Å². The van der Waals surface area contributed by atoms with Gasteiger partial charge in [0.1, 0.15) is 5.82 Å². The van der Waals surface area contributed by atoms with E-state index < -0.39 is 0 Å². The van der Waals surface area contributed by atoms with E-state index in [1.54, 1.807) is 23.9 Å². The molecular formula is C8H9FS3. The summed E-state index contributed by atoms with van der Waals surface area (Å²) in [4.78, 5) is 0. The second-order valence-electron chi connectivity index (χ2n) is 2.22. The van der Waals surface area contributed by atoms with Crippen LogP contribution in [0.3, 0.4) is 0 Å². The lowest BCUT2D eigenvalue weighted by Crippen LogP contribution is -1.85. The fraction of sp³-hybridized carbons (Fsp3) is 0.250. The Morgan fingerprint density at radius 2 is 1.92 bits per heavy atom. The summed E-state index contributed by atoms with van der Waals surface area (Å²) in [6, 6.07) is 6.53. The molecule has 0 amide bonds. The van der Waals surface area contributed by atoms with Crippen molar-refractivity contribution in [2.75, 3.05) is 6.26 Å². The van der Waals surface area contributed by atoms with Crippen molar-refractivity contribution in [2.45, 2.75) is 4.58 Å². The van der Waals surface area contributed by atoms with Gasteiger partial charge in [0.2, 0.25) is 0 Å². The number of benzene rings is 1. The van der Waals surface area contributed by atoms with Crippen LogP contribution in [0.25, 0.3) is 0 Å². The standard InChI is InChI=1S/C8H9FS3/c1-11-8(12-10)6-2-4-7(9)5-3-6/h2-5,8,10H,1H3. The van der Waals surface area contributed by atoms with Gasteiger partial charge in [-0.05, 0) is 24.0 Å². The molecule has 0 aliphatic rings. The lowest BCUT2D eigenvalue weighted by atomic mass is 10.2. The van der Waals surface area contributed by atoms with Crippen LogP contribution in [0.1, 0.15) is 10.1 Å². The normalized spacial score (nSPS) is 12.9. The van der Waals surface area contributed by atoms with Crippen molar-refractivity contribution in [3.63, 3.8) is 0 Å². The molecule has 0 aliphatic carbocycles. The second-order valence-corrected chi connectivity index (χ2v) is 4.78. The van der Waals surface area contributed by atoms with Crippen LogP contribution >= 0.6 is 34.2 Å². The monoisotopic (exact) mass is 220 g/mol. The summed E-state index contributed by atoms with van der Waals surface area (Å²) in [5.41, 5.74) is 1.10. The van der Waals surface area contributed by atoms with Crippen LogP contribution in [-0.2, 0) is 0 Å². The topological polar surface area (TPSA) is 0 Å². The molecule has 1 rings (SSSR count). The molecule has 1 atom stereocenters. The molecule has 1 aromatic rings. The van der Waals surface area contributed by atoms with Crippen molar-refractivity contribution in [3.8, 4) is 0 Å². The van der Waals surface area contributed by atoms with Crippen LogP contribution in [0.5, 0.6) is 0 Å². The second kappa shape index (κ2) is 5.04. The summed E-state index contributed by atoms with van der Waals surface area (Å²) < 4.78 is 12.8. The van der Waals surface area contributed by atoms with E-state index in [0.29, 0.717) is 0 Å². The Kier molecular flexibility index (Phi) is 4.32. The van der Waals surface area contributed by atoms with Crippen molar-refractivity contribution in [3.05, 3.63) is 35.6 Å². The Labute approximate surface area is 85.1 Å². The molecule has 4 heteroatoms. The molecule has 66 valence electrons. The van der Waals surface area contributed by atoms with Gasteiger partial charge in [0.15, 0.2) is 0 Å². The van der Waals surface area contributed by atoms with Crippen molar-refractivity contribution in [1.29, 1.82) is 0 Å². The van der Waals surface area contributed by atoms with Crippen molar-refractivity contribution in [1.82, 2.24) is 0 Å². The molecule has 1 aromatic carbocycles. The average Bonchev–Trinajstić information content (AvgIpc) is 2.10. The van der Waals surface area contributed by atoms with Crippen LogP contribution < -0.4 is 0 Å². The largest absolute Gasteiger partial charge is 0.207 e. The van der Waals surface area contributed by atoms with Gasteiger partial charge in [-0.2, -0.15) is 0 Å². The van der Waals surface area contributed by atoms with Gasteiger partial charge < -0.3 is 0 Å².